The second-order valence-electron chi connectivity index (χ2n) is 23.4. The minimum atomic E-state index is -0.655. The van der Waals surface area contributed by atoms with Gasteiger partial charge in [-0.25, -0.2) is 19.2 Å². The average Bonchev–Trinajstić information content (AvgIpc) is 4.16. The molecule has 2 aromatic heterocycles. The van der Waals surface area contributed by atoms with Gasteiger partial charge in [-0.2, -0.15) is 5.10 Å². The van der Waals surface area contributed by atoms with Crippen molar-refractivity contribution in [3.63, 3.8) is 0 Å². The molecule has 2 unspecified atom stereocenters. The van der Waals surface area contributed by atoms with Crippen molar-refractivity contribution < 1.29 is 42.6 Å². The molecule has 4 N–H and O–H groups in total. The Labute approximate surface area is 480 Å². The molecular formula is C60H69FN12O8S. The van der Waals surface area contributed by atoms with Crippen LogP contribution < -0.4 is 31.1 Å². The molecule has 6 amide bonds. The van der Waals surface area contributed by atoms with Gasteiger partial charge in [0, 0.05) is 86.4 Å². The fraction of sp³-hybridized carbons (Fsp3) is 0.467. The van der Waals surface area contributed by atoms with E-state index >= 15 is 4.39 Å². The van der Waals surface area contributed by atoms with Crippen LogP contribution in [0.5, 0.6) is 0 Å². The van der Waals surface area contributed by atoms with Crippen LogP contribution in [0.3, 0.4) is 0 Å². The van der Waals surface area contributed by atoms with E-state index in [1.54, 1.807) is 41.6 Å². The van der Waals surface area contributed by atoms with E-state index in [0.717, 1.165) is 91.4 Å². The van der Waals surface area contributed by atoms with Gasteiger partial charge in [0.05, 0.1) is 48.4 Å². The molecule has 2 aromatic carbocycles. The minimum Gasteiger partial charge on any atom is -0.444 e. The van der Waals surface area contributed by atoms with Crippen LogP contribution in [0.15, 0.2) is 106 Å². The molecule has 8 heterocycles. The molecule has 430 valence electrons. The molecule has 1 spiro atoms. The Kier molecular flexibility index (Phi) is 16.3. The summed E-state index contributed by atoms with van der Waals surface area (Å²) in [7, 11) is 0. The Morgan fingerprint density at radius 3 is 2.43 bits per heavy atom. The van der Waals surface area contributed by atoms with Gasteiger partial charge < -0.3 is 40.1 Å². The molecule has 82 heavy (non-hydrogen) atoms. The van der Waals surface area contributed by atoms with Crippen LogP contribution in [0.2, 0.25) is 0 Å². The fourth-order valence-corrected chi connectivity index (χ4v) is 13.2. The number of halogens is 1. The van der Waals surface area contributed by atoms with E-state index < -0.39 is 35.4 Å². The number of hydrogen-bond donors (Lipinski definition) is 4. The SMILES string of the molecule is C[C@@H]1OCC2(CCN(c3cnc(Sc4cccc(NC(=O)c5ccc(N6CCC(N7CC=C(c8ccc(C(=O)NCC9=CCC%10C(=O)N(C%11CCC(=O)NC%11=O)CC%10=C9)nn8)CC7)CC6)c(F)c5)c4)cn3)CC2)[C@@H]1NC(=O)OC(C)(C)C. The number of carbonyl (C=O) groups is 6. The zero-order valence-electron chi connectivity index (χ0n) is 46.6. The summed E-state index contributed by atoms with van der Waals surface area (Å²) in [6.07, 6.45) is 14.1. The molecule has 1 aliphatic carbocycles. The molecule has 0 bridgehead atoms. The number of fused-ring (bicyclic) bond motifs is 1. The molecule has 6 aliphatic heterocycles. The standard InChI is InChI=1S/C60H69FN12O8S/c1-36-53(67-58(79)81-59(2,3)4)60(35-80-36)20-26-72(27-21-60)50-32-63-52(33-62-50)82-43-7-5-6-41(30-43)65-54(75)39-9-13-48(45(61)29-39)71-24-18-42(19-25-71)70-22-16-38(17-23-70)46-11-12-47(69-68-46)55(76)64-31-37-8-10-44-40(28-37)34-73(57(44)78)49-14-15-51(74)66-56(49)77/h5-9,11-13,16,28-30,32-33,36,42,44,49,53H,10,14-15,17-27,31,34-35H2,1-4H3,(H,64,76)(H,65,75)(H,67,79)(H,66,74,77)/t36-,44?,49?,53+/m0/s1. The van der Waals surface area contributed by atoms with Gasteiger partial charge in [0.15, 0.2) is 5.69 Å². The lowest BCUT2D eigenvalue weighted by Crippen LogP contribution is -2.55. The summed E-state index contributed by atoms with van der Waals surface area (Å²) in [6.45, 7) is 13.1. The first-order chi connectivity index (χ1) is 39.4. The van der Waals surface area contributed by atoms with E-state index in [1.807, 2.05) is 69.0 Å². The number of anilines is 3. The van der Waals surface area contributed by atoms with Gasteiger partial charge in [-0.05, 0) is 138 Å². The highest BCUT2D eigenvalue weighted by molar-refractivity contribution is 7.99. The van der Waals surface area contributed by atoms with Crippen molar-refractivity contribution in [1.29, 1.82) is 0 Å². The number of aromatic nitrogens is 4. The topological polar surface area (TPSA) is 234 Å². The van der Waals surface area contributed by atoms with E-state index in [-0.39, 0.29) is 65.4 Å². The molecule has 5 fully saturated rings. The van der Waals surface area contributed by atoms with Crippen LogP contribution in [0.1, 0.15) is 106 Å². The molecule has 22 heteroatoms. The van der Waals surface area contributed by atoms with Crippen LogP contribution in [0, 0.1) is 17.2 Å². The molecule has 20 nitrogen and oxygen atoms in total. The summed E-state index contributed by atoms with van der Waals surface area (Å²) >= 11 is 1.42. The molecule has 5 saturated heterocycles. The maximum absolute atomic E-state index is 15.8. The maximum atomic E-state index is 15.8. The molecule has 0 saturated carbocycles. The van der Waals surface area contributed by atoms with Gasteiger partial charge in [-0.1, -0.05) is 36.1 Å². The molecule has 0 radical (unpaired) electrons. The number of imide groups is 1. The predicted octanol–water partition coefficient (Wildman–Crippen LogP) is 6.72. The van der Waals surface area contributed by atoms with E-state index in [0.29, 0.717) is 61.5 Å². The van der Waals surface area contributed by atoms with Crippen molar-refractivity contribution in [3.8, 4) is 0 Å². The third-order valence-corrected chi connectivity index (χ3v) is 17.8. The van der Waals surface area contributed by atoms with Gasteiger partial charge in [0.2, 0.25) is 17.7 Å². The number of alkyl carbamates (subject to hydrolysis) is 1. The maximum Gasteiger partial charge on any atom is 0.407 e. The Hall–Kier alpha value is -7.56. The molecule has 4 atom stereocenters. The number of piperidine rings is 3. The van der Waals surface area contributed by atoms with Crippen molar-refractivity contribution in [2.45, 2.75) is 119 Å². The molecule has 4 aromatic rings. The van der Waals surface area contributed by atoms with Crippen molar-refractivity contribution in [2.75, 3.05) is 74.1 Å². The largest absolute Gasteiger partial charge is 0.444 e. The highest BCUT2D eigenvalue weighted by Crippen LogP contribution is 2.43. The second kappa shape index (κ2) is 23.7. The van der Waals surface area contributed by atoms with Crippen LogP contribution in [0.25, 0.3) is 5.57 Å². The first-order valence-electron chi connectivity index (χ1n) is 28.4. The third kappa shape index (κ3) is 12.6. The van der Waals surface area contributed by atoms with E-state index in [4.69, 9.17) is 19.4 Å². The Morgan fingerprint density at radius 1 is 0.902 bits per heavy atom. The predicted molar refractivity (Wildman–Crippen MR) is 305 cm³/mol. The van der Waals surface area contributed by atoms with E-state index in [9.17, 15) is 28.8 Å². The summed E-state index contributed by atoms with van der Waals surface area (Å²) in [5.41, 5.74) is 4.25. The highest BCUT2D eigenvalue weighted by Gasteiger charge is 2.51. The zero-order chi connectivity index (χ0) is 57.3. The number of rotatable bonds is 13. The molecule has 7 aliphatic rings. The lowest BCUT2D eigenvalue weighted by Gasteiger charge is -2.42. The Morgan fingerprint density at radius 2 is 1.72 bits per heavy atom. The smallest absolute Gasteiger partial charge is 0.407 e. The van der Waals surface area contributed by atoms with Crippen molar-refractivity contribution >= 4 is 70.2 Å². The van der Waals surface area contributed by atoms with Crippen molar-refractivity contribution in [3.05, 3.63) is 119 Å². The van der Waals surface area contributed by atoms with Gasteiger partial charge >= 0.3 is 6.09 Å². The Balaban J connectivity index is 0.605. The van der Waals surface area contributed by atoms with Gasteiger partial charge in [-0.3, -0.25) is 34.2 Å². The monoisotopic (exact) mass is 1140 g/mol. The summed E-state index contributed by atoms with van der Waals surface area (Å²) < 4.78 is 27.4. The van der Waals surface area contributed by atoms with Crippen molar-refractivity contribution in [2.24, 2.45) is 11.3 Å². The number of carbonyl (C=O) groups excluding carboxylic acids is 6. The fourth-order valence-electron chi connectivity index (χ4n) is 12.4. The summed E-state index contributed by atoms with van der Waals surface area (Å²) in [6, 6.07) is 15.1. The number of hydrogen-bond acceptors (Lipinski definition) is 16. The first-order valence-corrected chi connectivity index (χ1v) is 29.2. The third-order valence-electron chi connectivity index (χ3n) is 16.9. The van der Waals surface area contributed by atoms with Gasteiger partial charge in [0.1, 0.15) is 28.3 Å². The zero-order valence-corrected chi connectivity index (χ0v) is 47.4. The van der Waals surface area contributed by atoms with Crippen LogP contribution in [-0.2, 0) is 23.9 Å². The summed E-state index contributed by atoms with van der Waals surface area (Å²) in [5.74, 6) is -1.65. The number of nitrogens with one attached hydrogen (secondary N) is 4. The number of benzene rings is 2. The summed E-state index contributed by atoms with van der Waals surface area (Å²) in [4.78, 5) is 95.1. The number of nitrogens with zero attached hydrogens (tertiary/aromatic N) is 8. The quantitative estimate of drug-likeness (QED) is 0.102. The van der Waals surface area contributed by atoms with Gasteiger partial charge in [0.25, 0.3) is 11.8 Å². The van der Waals surface area contributed by atoms with Gasteiger partial charge in [-0.15, -0.1) is 5.10 Å². The highest BCUT2D eigenvalue weighted by atomic mass is 32.2. The normalized spacial score (nSPS) is 23.2. The number of likely N-dealkylation sites (tertiary alicyclic amines) is 1. The number of allylic oxidation sites excluding steroid dienone is 1. The minimum absolute atomic E-state index is 0.113. The van der Waals surface area contributed by atoms with E-state index in [1.165, 1.54) is 17.8 Å². The van der Waals surface area contributed by atoms with Crippen LogP contribution in [0.4, 0.5) is 26.4 Å². The lowest BCUT2D eigenvalue weighted by atomic mass is 9.73. The number of ether oxygens (including phenoxy) is 2. The van der Waals surface area contributed by atoms with Crippen LogP contribution >= 0.6 is 11.8 Å². The average molecular weight is 1140 g/mol. The Bertz CT molecular complexity index is 3220. The van der Waals surface area contributed by atoms with E-state index in [2.05, 4.69) is 47.3 Å². The molecular weight excluding hydrogens is 1070 g/mol. The van der Waals surface area contributed by atoms with Crippen molar-refractivity contribution in [1.82, 2.24) is 45.9 Å². The van der Waals surface area contributed by atoms with Crippen LogP contribution in [-0.4, -0.2) is 154 Å². The molecule has 11 rings (SSSR count). The first kappa shape index (κ1) is 56.3. The number of amides is 6. The lowest BCUT2D eigenvalue weighted by molar-refractivity contribution is -0.144. The summed E-state index contributed by atoms with van der Waals surface area (Å²) in [5, 5.41) is 20.6. The second-order valence-corrected chi connectivity index (χ2v) is 24.4.